The zero-order valence-corrected chi connectivity index (χ0v) is 25.8. The number of esters is 1. The number of nitrogens with zero attached hydrogens (tertiary/aromatic N) is 5. The summed E-state index contributed by atoms with van der Waals surface area (Å²) in [4.78, 5) is 51.5. The Hall–Kier alpha value is -5.26. The number of amidine groups is 1. The standard InChI is InChI=1S/C33H38N6O6/c1-4-5-6-9-20-44-33(42)37-31(34)23-11-14-25(15-12-23)45-22-29-36-26-21-24(13-16-27(26)38(29)2)32(41)39(19-17-30(40)43-3)28-10-7-8-18-35-28/h7-8,10-16,18,21H,4-6,9,17,19-20,22H2,1-3H3,(H2,34,37,42). The van der Waals surface area contributed by atoms with Crippen molar-refractivity contribution >= 4 is 40.7 Å². The summed E-state index contributed by atoms with van der Waals surface area (Å²) >= 11 is 0. The quantitative estimate of drug-likeness (QED) is 0.0877. The van der Waals surface area contributed by atoms with Gasteiger partial charge in [0.25, 0.3) is 5.91 Å². The normalized spacial score (nSPS) is 11.3. The molecule has 0 bridgehead atoms. The first-order valence-electron chi connectivity index (χ1n) is 14.8. The third kappa shape index (κ3) is 8.88. The number of methoxy groups -OCH3 is 1. The molecule has 12 nitrogen and oxygen atoms in total. The fourth-order valence-corrected chi connectivity index (χ4v) is 4.56. The number of unbranched alkanes of at least 4 members (excludes halogenated alkanes) is 3. The van der Waals surface area contributed by atoms with E-state index in [0.29, 0.717) is 40.6 Å². The molecule has 0 atom stereocenters. The molecule has 0 saturated carbocycles. The number of pyridine rings is 1. The average molecular weight is 615 g/mol. The van der Waals surface area contributed by atoms with Gasteiger partial charge in [0, 0.05) is 30.9 Å². The zero-order chi connectivity index (χ0) is 32.2. The van der Waals surface area contributed by atoms with Crippen LogP contribution in [0, 0.1) is 0 Å². The Bertz CT molecular complexity index is 1630. The van der Waals surface area contributed by atoms with Crippen molar-refractivity contribution in [2.24, 2.45) is 17.8 Å². The molecule has 0 aliphatic rings. The van der Waals surface area contributed by atoms with Crippen molar-refractivity contribution < 1.29 is 28.6 Å². The number of nitrogens with two attached hydrogens (primary N) is 1. The molecule has 2 amide bonds. The van der Waals surface area contributed by atoms with Crippen LogP contribution in [0.25, 0.3) is 11.0 Å². The third-order valence-corrected chi connectivity index (χ3v) is 7.11. The first-order valence-corrected chi connectivity index (χ1v) is 14.8. The summed E-state index contributed by atoms with van der Waals surface area (Å²) < 4.78 is 17.7. The van der Waals surface area contributed by atoms with E-state index in [1.54, 1.807) is 60.8 Å². The van der Waals surface area contributed by atoms with Gasteiger partial charge in [-0.25, -0.2) is 14.8 Å². The van der Waals surface area contributed by atoms with Crippen LogP contribution in [0.5, 0.6) is 5.75 Å². The lowest BCUT2D eigenvalue weighted by molar-refractivity contribution is -0.140. The molecule has 0 fully saturated rings. The number of aryl methyl sites for hydroxylation is 1. The Morgan fingerprint density at radius 1 is 1.00 bits per heavy atom. The SMILES string of the molecule is CCCCCCOC(=O)/N=C(/N)c1ccc(OCc2nc3cc(C(=O)N(CCC(=O)OC)c4ccccn4)ccc3n2C)cc1. The summed E-state index contributed by atoms with van der Waals surface area (Å²) in [5.74, 6) is 0.975. The van der Waals surface area contributed by atoms with Crippen LogP contribution >= 0.6 is 0 Å². The van der Waals surface area contributed by atoms with Gasteiger partial charge < -0.3 is 24.5 Å². The number of carbonyl (C=O) groups excluding carboxylic acids is 3. The summed E-state index contributed by atoms with van der Waals surface area (Å²) in [5.41, 5.74) is 8.40. The minimum absolute atomic E-state index is 0.0260. The van der Waals surface area contributed by atoms with Crippen molar-refractivity contribution in [3.63, 3.8) is 0 Å². The number of anilines is 1. The maximum absolute atomic E-state index is 13.5. The largest absolute Gasteiger partial charge is 0.486 e. The number of ether oxygens (including phenoxy) is 3. The lowest BCUT2D eigenvalue weighted by Gasteiger charge is -2.21. The summed E-state index contributed by atoms with van der Waals surface area (Å²) in [6.45, 7) is 2.72. The van der Waals surface area contributed by atoms with Gasteiger partial charge in [0.1, 0.15) is 29.8 Å². The highest BCUT2D eigenvalue weighted by Crippen LogP contribution is 2.22. The Morgan fingerprint density at radius 2 is 1.78 bits per heavy atom. The lowest BCUT2D eigenvalue weighted by Crippen LogP contribution is -2.33. The number of imidazole rings is 1. The second-order valence-electron chi connectivity index (χ2n) is 10.2. The number of amides is 2. The molecule has 0 aliphatic heterocycles. The molecule has 2 aromatic carbocycles. The number of carbonyl (C=O) groups is 3. The van der Waals surface area contributed by atoms with Gasteiger partial charge in [0.05, 0.1) is 31.2 Å². The van der Waals surface area contributed by atoms with Gasteiger partial charge in [0.15, 0.2) is 0 Å². The van der Waals surface area contributed by atoms with Gasteiger partial charge in [-0.15, -0.1) is 0 Å². The van der Waals surface area contributed by atoms with Crippen LogP contribution in [0.15, 0.2) is 71.9 Å². The van der Waals surface area contributed by atoms with Crippen molar-refractivity contribution in [1.29, 1.82) is 0 Å². The molecule has 0 unspecified atom stereocenters. The molecule has 0 spiro atoms. The molecule has 0 radical (unpaired) electrons. The maximum atomic E-state index is 13.5. The van der Waals surface area contributed by atoms with E-state index in [0.717, 1.165) is 31.2 Å². The fraction of sp³-hybridized carbons (Fsp3) is 0.333. The van der Waals surface area contributed by atoms with Crippen molar-refractivity contribution in [1.82, 2.24) is 14.5 Å². The smallest absolute Gasteiger partial charge is 0.435 e. The highest BCUT2D eigenvalue weighted by atomic mass is 16.5. The predicted molar refractivity (Wildman–Crippen MR) is 170 cm³/mol. The first kappa shape index (κ1) is 32.6. The van der Waals surface area contributed by atoms with E-state index in [1.807, 2.05) is 17.7 Å². The number of hydrogen-bond donors (Lipinski definition) is 1. The molecule has 12 heteroatoms. The summed E-state index contributed by atoms with van der Waals surface area (Å²) in [6.07, 6.45) is 4.92. The van der Waals surface area contributed by atoms with Gasteiger partial charge in [-0.1, -0.05) is 32.3 Å². The molecule has 45 heavy (non-hydrogen) atoms. The Labute approximate surface area is 261 Å². The number of rotatable bonds is 14. The second-order valence-corrected chi connectivity index (χ2v) is 10.2. The Morgan fingerprint density at radius 3 is 2.49 bits per heavy atom. The predicted octanol–water partition coefficient (Wildman–Crippen LogP) is 5.18. The van der Waals surface area contributed by atoms with E-state index in [2.05, 4.69) is 16.9 Å². The van der Waals surface area contributed by atoms with E-state index < -0.39 is 12.1 Å². The van der Waals surface area contributed by atoms with Crippen LogP contribution in [0.4, 0.5) is 10.6 Å². The van der Waals surface area contributed by atoms with E-state index in [9.17, 15) is 14.4 Å². The third-order valence-electron chi connectivity index (χ3n) is 7.11. The van der Waals surface area contributed by atoms with Crippen molar-refractivity contribution in [3.8, 4) is 5.75 Å². The minimum Gasteiger partial charge on any atom is -0.486 e. The highest BCUT2D eigenvalue weighted by molar-refractivity contribution is 6.07. The van der Waals surface area contributed by atoms with Gasteiger partial charge in [-0.2, -0.15) is 4.99 Å². The molecule has 236 valence electrons. The molecule has 0 aliphatic carbocycles. The monoisotopic (exact) mass is 614 g/mol. The number of aliphatic imine (C=N–C) groups is 1. The van der Waals surface area contributed by atoms with E-state index in [4.69, 9.17) is 24.9 Å². The molecule has 2 N–H and O–H groups in total. The van der Waals surface area contributed by atoms with Gasteiger partial charge in [0.2, 0.25) is 0 Å². The summed E-state index contributed by atoms with van der Waals surface area (Å²) in [6, 6.07) is 17.4. The summed E-state index contributed by atoms with van der Waals surface area (Å²) in [7, 11) is 3.18. The molecular formula is C33H38N6O6. The van der Waals surface area contributed by atoms with E-state index in [1.165, 1.54) is 12.0 Å². The van der Waals surface area contributed by atoms with Crippen LogP contribution in [0.3, 0.4) is 0 Å². The minimum atomic E-state index is -0.707. The van der Waals surface area contributed by atoms with Gasteiger partial charge in [-0.05, 0) is 61.0 Å². The van der Waals surface area contributed by atoms with Crippen molar-refractivity contribution in [2.45, 2.75) is 45.6 Å². The van der Waals surface area contributed by atoms with Crippen molar-refractivity contribution in [3.05, 3.63) is 83.8 Å². The van der Waals surface area contributed by atoms with Gasteiger partial charge >= 0.3 is 12.1 Å². The topological polar surface area (TPSA) is 151 Å². The second kappa shape index (κ2) is 16.0. The average Bonchev–Trinajstić information content (AvgIpc) is 3.38. The first-order chi connectivity index (χ1) is 21.8. The Kier molecular flexibility index (Phi) is 11.6. The van der Waals surface area contributed by atoms with Gasteiger partial charge in [-0.3, -0.25) is 14.5 Å². The van der Waals surface area contributed by atoms with Crippen LogP contribution < -0.4 is 15.4 Å². The number of fused-ring (bicyclic) bond motifs is 1. The van der Waals surface area contributed by atoms with Crippen LogP contribution in [-0.2, 0) is 27.9 Å². The molecular weight excluding hydrogens is 576 g/mol. The Balaban J connectivity index is 1.41. The fourth-order valence-electron chi connectivity index (χ4n) is 4.56. The molecule has 0 saturated heterocycles. The van der Waals surface area contributed by atoms with E-state index >= 15 is 0 Å². The van der Waals surface area contributed by atoms with Crippen LogP contribution in [0.2, 0.25) is 0 Å². The molecule has 2 heterocycles. The van der Waals surface area contributed by atoms with Crippen LogP contribution in [0.1, 0.15) is 60.8 Å². The highest BCUT2D eigenvalue weighted by Gasteiger charge is 2.21. The number of benzene rings is 2. The van der Waals surface area contributed by atoms with Crippen LogP contribution in [-0.4, -0.2) is 58.6 Å². The maximum Gasteiger partial charge on any atom is 0.435 e. The summed E-state index contributed by atoms with van der Waals surface area (Å²) in [5, 5.41) is 0. The lowest BCUT2D eigenvalue weighted by atomic mass is 10.1. The number of aromatic nitrogens is 3. The zero-order valence-electron chi connectivity index (χ0n) is 25.8. The molecule has 4 rings (SSSR count). The molecule has 4 aromatic rings. The van der Waals surface area contributed by atoms with E-state index in [-0.39, 0.29) is 31.3 Å². The molecule has 2 aromatic heterocycles. The number of hydrogen-bond acceptors (Lipinski definition) is 8. The van der Waals surface area contributed by atoms with Crippen molar-refractivity contribution in [2.75, 3.05) is 25.2 Å².